The molecule has 0 saturated carbocycles. The predicted molar refractivity (Wildman–Crippen MR) is 122 cm³/mol. The van der Waals surface area contributed by atoms with Gasteiger partial charge in [-0.2, -0.15) is 0 Å². The van der Waals surface area contributed by atoms with Gasteiger partial charge in [-0.15, -0.1) is 11.3 Å². The average Bonchev–Trinajstić information content (AvgIpc) is 3.18. The first-order chi connectivity index (χ1) is 15.5. The van der Waals surface area contributed by atoms with Crippen molar-refractivity contribution in [2.75, 3.05) is 31.7 Å². The number of hydrogen-bond acceptors (Lipinski definition) is 7. The Labute approximate surface area is 198 Å². The Bertz CT molecular complexity index is 1230. The van der Waals surface area contributed by atoms with Gasteiger partial charge in [0.05, 0.1) is 58.5 Å². The van der Waals surface area contributed by atoms with Crippen LogP contribution in [0, 0.1) is 0 Å². The Kier molecular flexibility index (Phi) is 4.89. The number of anilines is 1. The van der Waals surface area contributed by atoms with Crippen molar-refractivity contribution in [3.63, 3.8) is 0 Å². The van der Waals surface area contributed by atoms with Crippen LogP contribution in [0.3, 0.4) is 0 Å². The number of thiophene rings is 1. The maximum absolute atomic E-state index is 13.5. The van der Waals surface area contributed by atoms with Crippen molar-refractivity contribution in [2.45, 2.75) is 18.1 Å². The third-order valence-corrected chi connectivity index (χ3v) is 8.15. The molecule has 7 nitrogen and oxygen atoms in total. The van der Waals surface area contributed by atoms with Gasteiger partial charge in [0.15, 0.2) is 0 Å². The zero-order valence-corrected chi connectivity index (χ0v) is 19.1. The van der Waals surface area contributed by atoms with E-state index < -0.39 is 5.54 Å². The first kappa shape index (κ1) is 20.4. The van der Waals surface area contributed by atoms with Gasteiger partial charge >= 0.3 is 0 Å². The molecule has 3 aliphatic heterocycles. The summed E-state index contributed by atoms with van der Waals surface area (Å²) in [5.41, 5.74) is 1.71. The number of nitrogens with one attached hydrogen (secondary N) is 1. The molecule has 1 N–H and O–H groups in total. The fraction of sp³-hybridized carbons (Fsp3) is 0.318. The Hall–Kier alpha value is -2.23. The predicted octanol–water partition coefficient (Wildman–Crippen LogP) is 4.20. The molecule has 2 aromatic heterocycles. The fourth-order valence-corrected chi connectivity index (χ4v) is 6.21. The number of halogens is 2. The largest absolute Gasteiger partial charge is 0.377 e. The SMILES string of the molecule is O=C1c2c(sc(-c3ccnc(NC4COC4)n3)c2Cl)C2(COC2)N1Cc1cccc(Cl)c1. The molecule has 32 heavy (non-hydrogen) atoms. The molecule has 3 aromatic rings. The highest BCUT2D eigenvalue weighted by Crippen LogP contribution is 2.54. The van der Waals surface area contributed by atoms with E-state index in [0.717, 1.165) is 15.3 Å². The number of amides is 1. The third kappa shape index (κ3) is 3.13. The molecule has 0 atom stereocenters. The number of hydrogen-bond donors (Lipinski definition) is 1. The summed E-state index contributed by atoms with van der Waals surface area (Å²) in [7, 11) is 0. The molecule has 2 saturated heterocycles. The van der Waals surface area contributed by atoms with Gasteiger partial charge in [0.25, 0.3) is 5.91 Å². The zero-order valence-electron chi connectivity index (χ0n) is 16.8. The van der Waals surface area contributed by atoms with Crippen LogP contribution in [0.4, 0.5) is 5.95 Å². The van der Waals surface area contributed by atoms with Crippen LogP contribution in [0.5, 0.6) is 0 Å². The number of fused-ring (bicyclic) bond motifs is 2. The zero-order chi connectivity index (χ0) is 21.9. The van der Waals surface area contributed by atoms with E-state index in [1.54, 1.807) is 6.20 Å². The number of rotatable bonds is 5. The molecule has 0 aliphatic carbocycles. The second-order valence-electron chi connectivity index (χ2n) is 8.14. The summed E-state index contributed by atoms with van der Waals surface area (Å²) in [5.74, 6) is 0.436. The van der Waals surface area contributed by atoms with E-state index in [0.29, 0.717) is 60.2 Å². The van der Waals surface area contributed by atoms with Gasteiger partial charge < -0.3 is 19.7 Å². The van der Waals surface area contributed by atoms with Crippen LogP contribution in [0.1, 0.15) is 20.8 Å². The number of carbonyl (C=O) groups excluding carboxylic acids is 1. The van der Waals surface area contributed by atoms with E-state index in [1.165, 1.54) is 11.3 Å². The van der Waals surface area contributed by atoms with Crippen molar-refractivity contribution >= 4 is 46.4 Å². The first-order valence-electron chi connectivity index (χ1n) is 10.2. The van der Waals surface area contributed by atoms with E-state index in [-0.39, 0.29) is 11.9 Å². The Morgan fingerprint density at radius 3 is 2.75 bits per heavy atom. The van der Waals surface area contributed by atoms with Crippen molar-refractivity contribution in [2.24, 2.45) is 0 Å². The lowest BCUT2D eigenvalue weighted by Crippen LogP contribution is -2.56. The molecular weight excluding hydrogens is 471 g/mol. The molecule has 10 heteroatoms. The quantitative estimate of drug-likeness (QED) is 0.579. The van der Waals surface area contributed by atoms with Crippen LogP contribution < -0.4 is 5.32 Å². The van der Waals surface area contributed by atoms with Crippen molar-refractivity contribution in [3.8, 4) is 10.6 Å². The van der Waals surface area contributed by atoms with Gasteiger partial charge in [-0.25, -0.2) is 9.97 Å². The number of ether oxygens (including phenoxy) is 2. The van der Waals surface area contributed by atoms with Crippen LogP contribution >= 0.6 is 34.5 Å². The standard InChI is InChI=1S/C22H18Cl2N4O3S/c23-13-3-1-2-12(6-13)7-28-20(29)16-17(24)18(32-19(16)22(28)10-31-11-22)15-4-5-25-21(27-15)26-14-8-30-9-14/h1-6,14H,7-11H2,(H,25,26,27). The number of nitrogens with zero attached hydrogens (tertiary/aromatic N) is 3. The molecule has 1 amide bonds. The molecule has 1 spiro atoms. The second-order valence-corrected chi connectivity index (χ2v) is 9.97. The van der Waals surface area contributed by atoms with Gasteiger partial charge in [0.1, 0.15) is 5.54 Å². The van der Waals surface area contributed by atoms with E-state index in [4.69, 9.17) is 32.7 Å². The Balaban J connectivity index is 1.35. The summed E-state index contributed by atoms with van der Waals surface area (Å²) in [6, 6.07) is 9.58. The van der Waals surface area contributed by atoms with Crippen LogP contribution in [-0.2, 0) is 21.6 Å². The van der Waals surface area contributed by atoms with E-state index in [1.807, 2.05) is 35.2 Å². The summed E-state index contributed by atoms with van der Waals surface area (Å²) in [5, 5.41) is 4.33. The minimum atomic E-state index is -0.501. The van der Waals surface area contributed by atoms with Crippen molar-refractivity contribution in [1.29, 1.82) is 0 Å². The van der Waals surface area contributed by atoms with E-state index in [2.05, 4.69) is 15.3 Å². The highest BCUT2D eigenvalue weighted by molar-refractivity contribution is 7.17. The summed E-state index contributed by atoms with van der Waals surface area (Å²) in [4.78, 5) is 26.0. The average molecular weight is 489 g/mol. The van der Waals surface area contributed by atoms with Crippen molar-refractivity contribution in [1.82, 2.24) is 14.9 Å². The summed E-state index contributed by atoms with van der Waals surface area (Å²) < 4.78 is 10.8. The van der Waals surface area contributed by atoms with Gasteiger partial charge in [0.2, 0.25) is 5.95 Å². The lowest BCUT2D eigenvalue weighted by Gasteiger charge is -2.45. The highest BCUT2D eigenvalue weighted by Gasteiger charge is 2.57. The van der Waals surface area contributed by atoms with Crippen LogP contribution in [0.15, 0.2) is 36.5 Å². The summed E-state index contributed by atoms with van der Waals surface area (Å²) >= 11 is 14.5. The van der Waals surface area contributed by atoms with Crippen LogP contribution in [-0.4, -0.2) is 53.2 Å². The molecule has 5 heterocycles. The van der Waals surface area contributed by atoms with Crippen LogP contribution in [0.25, 0.3) is 10.6 Å². The molecule has 0 unspecified atom stereocenters. The molecule has 0 radical (unpaired) electrons. The fourth-order valence-electron chi connectivity index (χ4n) is 4.23. The monoisotopic (exact) mass is 488 g/mol. The molecule has 3 aliphatic rings. The van der Waals surface area contributed by atoms with Gasteiger partial charge in [-0.1, -0.05) is 35.3 Å². The Morgan fingerprint density at radius 1 is 1.22 bits per heavy atom. The molecule has 0 bridgehead atoms. The van der Waals surface area contributed by atoms with Gasteiger partial charge in [0, 0.05) is 17.8 Å². The van der Waals surface area contributed by atoms with Gasteiger partial charge in [-0.05, 0) is 23.8 Å². The molecule has 1 aromatic carbocycles. The molecule has 2 fully saturated rings. The minimum Gasteiger partial charge on any atom is -0.377 e. The Morgan fingerprint density at radius 2 is 2.06 bits per heavy atom. The van der Waals surface area contributed by atoms with Crippen LogP contribution in [0.2, 0.25) is 10.0 Å². The summed E-state index contributed by atoms with van der Waals surface area (Å²) in [6.07, 6.45) is 1.70. The topological polar surface area (TPSA) is 76.6 Å². The number of benzene rings is 1. The molecule has 164 valence electrons. The van der Waals surface area contributed by atoms with Crippen molar-refractivity contribution in [3.05, 3.63) is 62.6 Å². The maximum atomic E-state index is 13.5. The third-order valence-electron chi connectivity index (χ3n) is 6.02. The van der Waals surface area contributed by atoms with Gasteiger partial charge in [-0.3, -0.25) is 4.79 Å². The molecule has 6 rings (SSSR count). The smallest absolute Gasteiger partial charge is 0.257 e. The second kappa shape index (κ2) is 7.67. The molecular formula is C22H18Cl2N4O3S. The lowest BCUT2D eigenvalue weighted by atomic mass is 9.94. The van der Waals surface area contributed by atoms with E-state index >= 15 is 0 Å². The normalized spacial score (nSPS) is 19.1. The first-order valence-corrected chi connectivity index (χ1v) is 11.8. The highest BCUT2D eigenvalue weighted by atomic mass is 35.5. The van der Waals surface area contributed by atoms with Crippen molar-refractivity contribution < 1.29 is 14.3 Å². The minimum absolute atomic E-state index is 0.0882. The lowest BCUT2D eigenvalue weighted by molar-refractivity contribution is -0.126. The maximum Gasteiger partial charge on any atom is 0.257 e. The number of carbonyl (C=O) groups is 1. The number of aromatic nitrogens is 2. The summed E-state index contributed by atoms with van der Waals surface area (Å²) in [6.45, 7) is 2.62. The van der Waals surface area contributed by atoms with E-state index in [9.17, 15) is 4.79 Å².